The molecule has 0 unspecified atom stereocenters. The van der Waals surface area contributed by atoms with Crippen molar-refractivity contribution in [1.82, 2.24) is 0 Å². The molecule has 0 atom stereocenters. The Bertz CT molecular complexity index is 143. The van der Waals surface area contributed by atoms with Gasteiger partial charge < -0.3 is 0 Å². The molecule has 0 radical (unpaired) electrons. The summed E-state index contributed by atoms with van der Waals surface area (Å²) in [5.41, 5.74) is 0. The van der Waals surface area contributed by atoms with Crippen LogP contribution in [0.2, 0.25) is 3.67 Å². The average molecular weight is 224 g/mol. The van der Waals surface area contributed by atoms with Crippen molar-refractivity contribution in [1.29, 1.82) is 0 Å². The first-order valence-corrected chi connectivity index (χ1v) is 7.98. The second kappa shape index (κ2) is 3.50. The molecule has 0 bridgehead atoms. The standard InChI is InChI=1S/C5H5.C3H7.In.H/c1-2-4-5-3-1;1-3-2;;/h1-3H,4H2;3H,1-2H3;;. The Morgan fingerprint density at radius 1 is 1.56 bits per heavy atom. The molecule has 0 aliphatic heterocycles. The van der Waals surface area contributed by atoms with E-state index >= 15 is 0 Å². The Labute approximate surface area is 68.4 Å². The summed E-state index contributed by atoms with van der Waals surface area (Å²) in [6.07, 6.45) is 8.09. The van der Waals surface area contributed by atoms with Crippen molar-refractivity contribution in [3.63, 3.8) is 0 Å². The van der Waals surface area contributed by atoms with E-state index in [1.54, 1.807) is 3.33 Å². The van der Waals surface area contributed by atoms with Crippen LogP contribution in [0.5, 0.6) is 0 Å². The minimum atomic E-state index is -0.467. The SMILES string of the molecule is C[CH](C)[InH][C]1=CC=CC1. The van der Waals surface area contributed by atoms with Crippen LogP contribution in [0.25, 0.3) is 0 Å². The van der Waals surface area contributed by atoms with Gasteiger partial charge in [-0.25, -0.2) is 0 Å². The van der Waals surface area contributed by atoms with Crippen LogP contribution in [-0.4, -0.2) is 22.9 Å². The van der Waals surface area contributed by atoms with Crippen LogP contribution in [0, 0.1) is 0 Å². The van der Waals surface area contributed by atoms with Crippen molar-refractivity contribution >= 4 is 22.9 Å². The van der Waals surface area contributed by atoms with Crippen molar-refractivity contribution in [2.45, 2.75) is 23.9 Å². The molecule has 0 heterocycles. The Kier molecular flexibility index (Phi) is 2.90. The summed E-state index contributed by atoms with van der Waals surface area (Å²) in [4.78, 5) is 0. The summed E-state index contributed by atoms with van der Waals surface area (Å²) in [7, 11) is 0. The zero-order chi connectivity index (χ0) is 6.69. The molecule has 0 N–H and O–H groups in total. The molecule has 1 aliphatic carbocycles. The quantitative estimate of drug-likeness (QED) is 0.673. The van der Waals surface area contributed by atoms with E-state index in [0.29, 0.717) is 0 Å². The predicted molar refractivity (Wildman–Crippen MR) is 44.1 cm³/mol. The van der Waals surface area contributed by atoms with Gasteiger partial charge >= 0.3 is 68.4 Å². The van der Waals surface area contributed by atoms with Gasteiger partial charge in [0.1, 0.15) is 0 Å². The molecule has 1 rings (SSSR count). The van der Waals surface area contributed by atoms with Crippen molar-refractivity contribution in [3.8, 4) is 0 Å². The maximum atomic E-state index is 2.36. The second-order valence-electron chi connectivity index (χ2n) is 3.06. The fourth-order valence-corrected chi connectivity index (χ4v) is 5.89. The van der Waals surface area contributed by atoms with Gasteiger partial charge in [0.25, 0.3) is 0 Å². The molecule has 0 aromatic carbocycles. The van der Waals surface area contributed by atoms with E-state index in [2.05, 4.69) is 32.1 Å². The molecule has 0 saturated carbocycles. The predicted octanol–water partition coefficient (Wildman–Crippen LogP) is 2.09. The van der Waals surface area contributed by atoms with Crippen LogP contribution < -0.4 is 0 Å². The van der Waals surface area contributed by atoms with E-state index in [9.17, 15) is 0 Å². The third kappa shape index (κ3) is 2.61. The van der Waals surface area contributed by atoms with Crippen LogP contribution in [0.4, 0.5) is 0 Å². The summed E-state index contributed by atoms with van der Waals surface area (Å²) in [5, 5.41) is 0. The van der Waals surface area contributed by atoms with Gasteiger partial charge in [-0.2, -0.15) is 0 Å². The average Bonchev–Trinajstić information content (AvgIpc) is 2.15. The van der Waals surface area contributed by atoms with Gasteiger partial charge in [-0.3, -0.25) is 0 Å². The van der Waals surface area contributed by atoms with Gasteiger partial charge in [0.05, 0.1) is 0 Å². The number of hydrogen-bond acceptors (Lipinski definition) is 0. The van der Waals surface area contributed by atoms with Crippen molar-refractivity contribution < 1.29 is 0 Å². The molecule has 0 aromatic rings. The van der Waals surface area contributed by atoms with Gasteiger partial charge in [-0.15, -0.1) is 0 Å². The number of allylic oxidation sites excluding steroid dienone is 4. The Morgan fingerprint density at radius 2 is 2.33 bits per heavy atom. The van der Waals surface area contributed by atoms with Gasteiger partial charge in [0, 0.05) is 0 Å². The second-order valence-corrected chi connectivity index (χ2v) is 11.5. The van der Waals surface area contributed by atoms with Gasteiger partial charge in [0.15, 0.2) is 0 Å². The van der Waals surface area contributed by atoms with Crippen LogP contribution >= 0.6 is 0 Å². The van der Waals surface area contributed by atoms with E-state index in [-0.39, 0.29) is 0 Å². The van der Waals surface area contributed by atoms with Gasteiger partial charge in [-0.1, -0.05) is 0 Å². The fraction of sp³-hybridized carbons (Fsp3) is 0.500. The molecule has 48 valence electrons. The van der Waals surface area contributed by atoms with Crippen molar-refractivity contribution in [3.05, 3.63) is 21.6 Å². The molecule has 0 nitrogen and oxygen atoms in total. The van der Waals surface area contributed by atoms with E-state index < -0.39 is 22.9 Å². The van der Waals surface area contributed by atoms with E-state index in [1.165, 1.54) is 6.42 Å². The molecule has 0 amide bonds. The third-order valence-corrected chi connectivity index (χ3v) is 6.84. The van der Waals surface area contributed by atoms with Crippen LogP contribution in [0.1, 0.15) is 20.3 Å². The van der Waals surface area contributed by atoms with E-state index in [0.717, 1.165) is 3.67 Å². The maximum absolute atomic E-state index is 2.36. The normalized spacial score (nSPS) is 16.6. The Morgan fingerprint density at radius 3 is 2.78 bits per heavy atom. The first-order chi connectivity index (χ1) is 4.29. The Balaban J connectivity index is 2.30. The van der Waals surface area contributed by atoms with Gasteiger partial charge in [-0.05, 0) is 0 Å². The summed E-state index contributed by atoms with van der Waals surface area (Å²) in [6.45, 7) is 4.71. The van der Waals surface area contributed by atoms with Crippen molar-refractivity contribution in [2.24, 2.45) is 0 Å². The molecular formula is C8H13In. The minimum absolute atomic E-state index is 0.467. The summed E-state index contributed by atoms with van der Waals surface area (Å²) in [6, 6.07) is 0. The number of rotatable bonds is 2. The molecule has 0 aromatic heterocycles. The zero-order valence-corrected chi connectivity index (χ0v) is 10.3. The summed E-state index contributed by atoms with van der Waals surface area (Å²) >= 11 is -0.467. The fourth-order valence-electron chi connectivity index (χ4n) is 1.17. The number of hydrogen-bond donors (Lipinski definition) is 0. The first-order valence-electron chi connectivity index (χ1n) is 3.63. The molecule has 0 fully saturated rings. The molecular weight excluding hydrogens is 211 g/mol. The zero-order valence-electron chi connectivity index (χ0n) is 6.22. The van der Waals surface area contributed by atoms with Crippen LogP contribution in [-0.2, 0) is 0 Å². The van der Waals surface area contributed by atoms with Gasteiger partial charge in [0.2, 0.25) is 0 Å². The summed E-state index contributed by atoms with van der Waals surface area (Å²) in [5.74, 6) is 0. The molecule has 1 aliphatic rings. The molecule has 9 heavy (non-hydrogen) atoms. The molecule has 1 heteroatoms. The van der Waals surface area contributed by atoms with Crippen LogP contribution in [0.15, 0.2) is 21.6 Å². The monoisotopic (exact) mass is 224 g/mol. The summed E-state index contributed by atoms with van der Waals surface area (Å²) < 4.78 is 2.82. The third-order valence-electron chi connectivity index (χ3n) is 1.52. The van der Waals surface area contributed by atoms with Crippen molar-refractivity contribution in [2.75, 3.05) is 0 Å². The molecule has 0 spiro atoms. The van der Waals surface area contributed by atoms with E-state index in [4.69, 9.17) is 0 Å². The molecule has 0 saturated heterocycles. The van der Waals surface area contributed by atoms with E-state index in [1.807, 2.05) is 0 Å². The van der Waals surface area contributed by atoms with Crippen LogP contribution in [0.3, 0.4) is 0 Å². The Hall–Kier alpha value is 0.350. The first kappa shape index (κ1) is 7.46. The topological polar surface area (TPSA) is 0 Å².